The first kappa shape index (κ1) is 14.7. The predicted molar refractivity (Wildman–Crippen MR) is 73.4 cm³/mol. The highest BCUT2D eigenvalue weighted by atomic mass is 16.5. The maximum absolute atomic E-state index is 5.38. The van der Waals surface area contributed by atoms with Gasteiger partial charge >= 0.3 is 0 Å². The van der Waals surface area contributed by atoms with Crippen molar-refractivity contribution in [3.05, 3.63) is 12.2 Å². The van der Waals surface area contributed by atoms with Crippen LogP contribution in [0, 0.1) is 0 Å². The molecule has 1 N–H and O–H groups in total. The maximum Gasteiger partial charge on any atom is 0.0595 e. The SMILES string of the molecule is C=C(CNC(C)(C)C)CN1CCC(OC)CC1. The van der Waals surface area contributed by atoms with E-state index >= 15 is 0 Å². The summed E-state index contributed by atoms with van der Waals surface area (Å²) in [6, 6.07) is 0. The van der Waals surface area contributed by atoms with E-state index in [4.69, 9.17) is 4.74 Å². The Morgan fingerprint density at radius 2 is 1.94 bits per heavy atom. The van der Waals surface area contributed by atoms with E-state index in [9.17, 15) is 0 Å². The first-order valence-corrected chi connectivity index (χ1v) is 6.57. The Hall–Kier alpha value is -0.380. The standard InChI is InChI=1S/C14H28N2O/c1-12(10-15-14(2,3)4)11-16-8-6-13(17-5)7-9-16/h13,15H,1,6-11H2,2-5H3. The van der Waals surface area contributed by atoms with Crippen LogP contribution in [0.5, 0.6) is 0 Å². The Morgan fingerprint density at radius 1 is 1.35 bits per heavy atom. The second-order valence-corrected chi connectivity index (χ2v) is 6.06. The number of ether oxygens (including phenoxy) is 1. The van der Waals surface area contributed by atoms with Crippen LogP contribution < -0.4 is 5.32 Å². The van der Waals surface area contributed by atoms with Crippen molar-refractivity contribution in [3.8, 4) is 0 Å². The number of hydrogen-bond donors (Lipinski definition) is 1. The van der Waals surface area contributed by atoms with Crippen molar-refractivity contribution in [1.29, 1.82) is 0 Å². The van der Waals surface area contributed by atoms with Gasteiger partial charge in [0.25, 0.3) is 0 Å². The van der Waals surface area contributed by atoms with Gasteiger partial charge in [-0.25, -0.2) is 0 Å². The average Bonchev–Trinajstić information content (AvgIpc) is 2.27. The molecule has 0 unspecified atom stereocenters. The normalized spacial score (nSPS) is 19.5. The molecule has 0 saturated carbocycles. The quantitative estimate of drug-likeness (QED) is 0.744. The first-order chi connectivity index (χ1) is 7.90. The summed E-state index contributed by atoms with van der Waals surface area (Å²) in [6.45, 7) is 14.9. The topological polar surface area (TPSA) is 24.5 Å². The van der Waals surface area contributed by atoms with Crippen molar-refractivity contribution in [2.24, 2.45) is 0 Å². The predicted octanol–water partition coefficient (Wildman–Crippen LogP) is 2.04. The van der Waals surface area contributed by atoms with Gasteiger partial charge < -0.3 is 10.1 Å². The lowest BCUT2D eigenvalue weighted by atomic mass is 10.1. The highest BCUT2D eigenvalue weighted by Crippen LogP contribution is 2.13. The summed E-state index contributed by atoms with van der Waals surface area (Å²) in [4.78, 5) is 2.47. The van der Waals surface area contributed by atoms with Crippen molar-refractivity contribution in [1.82, 2.24) is 10.2 Å². The summed E-state index contributed by atoms with van der Waals surface area (Å²) in [7, 11) is 1.81. The van der Waals surface area contributed by atoms with Crippen molar-refractivity contribution in [2.75, 3.05) is 33.3 Å². The molecule has 0 aromatic carbocycles. The number of rotatable bonds is 5. The van der Waals surface area contributed by atoms with Gasteiger partial charge in [0.1, 0.15) is 0 Å². The van der Waals surface area contributed by atoms with E-state index in [1.54, 1.807) is 0 Å². The molecule has 1 aliphatic rings. The Bertz CT molecular complexity index is 237. The fraction of sp³-hybridized carbons (Fsp3) is 0.857. The second-order valence-electron chi connectivity index (χ2n) is 6.06. The Labute approximate surface area is 106 Å². The monoisotopic (exact) mass is 240 g/mol. The molecule has 3 nitrogen and oxygen atoms in total. The molecule has 3 heteroatoms. The molecule has 0 aromatic rings. The van der Waals surface area contributed by atoms with Gasteiger partial charge in [-0.05, 0) is 39.2 Å². The molecule has 1 rings (SSSR count). The zero-order chi connectivity index (χ0) is 12.9. The molecule has 0 spiro atoms. The van der Waals surface area contributed by atoms with E-state index in [1.807, 2.05) is 7.11 Å². The molecule has 0 radical (unpaired) electrons. The summed E-state index contributed by atoms with van der Waals surface area (Å²) in [5.41, 5.74) is 1.45. The van der Waals surface area contributed by atoms with Gasteiger partial charge in [-0.2, -0.15) is 0 Å². The molecule has 0 aromatic heterocycles. The van der Waals surface area contributed by atoms with Crippen molar-refractivity contribution in [3.63, 3.8) is 0 Å². The van der Waals surface area contributed by atoms with Gasteiger partial charge in [-0.1, -0.05) is 6.58 Å². The average molecular weight is 240 g/mol. The molecule has 0 atom stereocenters. The largest absolute Gasteiger partial charge is 0.381 e. The van der Waals surface area contributed by atoms with Gasteiger partial charge in [0.05, 0.1) is 6.10 Å². The van der Waals surface area contributed by atoms with Gasteiger partial charge in [0, 0.05) is 38.8 Å². The molecule has 1 heterocycles. The van der Waals surface area contributed by atoms with E-state index in [2.05, 4.69) is 37.6 Å². The first-order valence-electron chi connectivity index (χ1n) is 6.57. The molecule has 0 amide bonds. The van der Waals surface area contributed by atoms with Crippen LogP contribution in [-0.4, -0.2) is 49.8 Å². The molecule has 0 aliphatic carbocycles. The van der Waals surface area contributed by atoms with E-state index in [-0.39, 0.29) is 5.54 Å². The van der Waals surface area contributed by atoms with E-state index in [0.717, 1.165) is 39.0 Å². The van der Waals surface area contributed by atoms with Gasteiger partial charge in [0.2, 0.25) is 0 Å². The van der Waals surface area contributed by atoms with Gasteiger partial charge in [0.15, 0.2) is 0 Å². The van der Waals surface area contributed by atoms with Crippen LogP contribution in [0.2, 0.25) is 0 Å². The highest BCUT2D eigenvalue weighted by molar-refractivity contribution is 5.01. The number of likely N-dealkylation sites (tertiary alicyclic amines) is 1. The van der Waals surface area contributed by atoms with Crippen LogP contribution in [0.15, 0.2) is 12.2 Å². The van der Waals surface area contributed by atoms with Crippen molar-refractivity contribution in [2.45, 2.75) is 45.3 Å². The molecule has 1 fully saturated rings. The Balaban J connectivity index is 2.19. The van der Waals surface area contributed by atoms with Crippen LogP contribution in [-0.2, 0) is 4.74 Å². The Morgan fingerprint density at radius 3 is 2.41 bits per heavy atom. The molecular weight excluding hydrogens is 212 g/mol. The lowest BCUT2D eigenvalue weighted by Gasteiger charge is -2.32. The number of hydrogen-bond acceptors (Lipinski definition) is 3. The summed E-state index contributed by atoms with van der Waals surface area (Å²) < 4.78 is 5.38. The summed E-state index contributed by atoms with van der Waals surface area (Å²) in [6.07, 6.45) is 2.76. The maximum atomic E-state index is 5.38. The van der Waals surface area contributed by atoms with Gasteiger partial charge in [-0.3, -0.25) is 4.90 Å². The third-order valence-corrected chi connectivity index (χ3v) is 3.18. The summed E-state index contributed by atoms with van der Waals surface area (Å²) >= 11 is 0. The molecule has 0 bridgehead atoms. The summed E-state index contributed by atoms with van der Waals surface area (Å²) in [5.74, 6) is 0. The molecule has 17 heavy (non-hydrogen) atoms. The van der Waals surface area contributed by atoms with E-state index in [0.29, 0.717) is 6.10 Å². The van der Waals surface area contributed by atoms with Crippen molar-refractivity contribution < 1.29 is 4.74 Å². The lowest BCUT2D eigenvalue weighted by Crippen LogP contribution is -2.41. The second kappa shape index (κ2) is 6.53. The molecule has 1 saturated heterocycles. The van der Waals surface area contributed by atoms with E-state index in [1.165, 1.54) is 5.57 Å². The highest BCUT2D eigenvalue weighted by Gasteiger charge is 2.19. The number of methoxy groups -OCH3 is 1. The number of nitrogens with one attached hydrogen (secondary N) is 1. The fourth-order valence-corrected chi connectivity index (χ4v) is 2.07. The summed E-state index contributed by atoms with van der Waals surface area (Å²) in [5, 5.41) is 3.48. The minimum absolute atomic E-state index is 0.173. The number of piperidine rings is 1. The van der Waals surface area contributed by atoms with Crippen LogP contribution in [0.4, 0.5) is 0 Å². The van der Waals surface area contributed by atoms with E-state index < -0.39 is 0 Å². The molecular formula is C14H28N2O. The van der Waals surface area contributed by atoms with Crippen LogP contribution in [0.3, 0.4) is 0 Å². The minimum Gasteiger partial charge on any atom is -0.381 e. The van der Waals surface area contributed by atoms with Crippen LogP contribution in [0.25, 0.3) is 0 Å². The van der Waals surface area contributed by atoms with Crippen molar-refractivity contribution >= 4 is 0 Å². The van der Waals surface area contributed by atoms with Crippen LogP contribution in [0.1, 0.15) is 33.6 Å². The zero-order valence-corrected chi connectivity index (χ0v) is 11.9. The minimum atomic E-state index is 0.173. The number of nitrogens with zero attached hydrogens (tertiary/aromatic N) is 1. The zero-order valence-electron chi connectivity index (χ0n) is 11.9. The molecule has 100 valence electrons. The lowest BCUT2D eigenvalue weighted by molar-refractivity contribution is 0.0436. The van der Waals surface area contributed by atoms with Gasteiger partial charge in [-0.15, -0.1) is 0 Å². The Kier molecular flexibility index (Phi) is 5.63. The third-order valence-electron chi connectivity index (χ3n) is 3.18. The van der Waals surface area contributed by atoms with Crippen LogP contribution >= 0.6 is 0 Å². The fourth-order valence-electron chi connectivity index (χ4n) is 2.07. The molecule has 1 aliphatic heterocycles. The smallest absolute Gasteiger partial charge is 0.0595 e. The third kappa shape index (κ3) is 6.20.